The summed E-state index contributed by atoms with van der Waals surface area (Å²) in [5, 5.41) is 6.02. The smallest absolute Gasteiger partial charge is 0.147 e. The standard InChI is InChI=1S/C8H9N5S/c9-6-3-10-4-7(13-6)12-5-8-11-1-2-14-8/h1-4H,5H2,(H3,9,12,13). The summed E-state index contributed by atoms with van der Waals surface area (Å²) < 4.78 is 0. The molecule has 72 valence electrons. The topological polar surface area (TPSA) is 76.7 Å². The van der Waals surface area contributed by atoms with Crippen molar-refractivity contribution in [2.45, 2.75) is 6.54 Å². The average molecular weight is 207 g/mol. The van der Waals surface area contributed by atoms with Gasteiger partial charge in [-0.25, -0.2) is 9.97 Å². The third-order valence-corrected chi connectivity index (χ3v) is 2.34. The molecule has 0 fully saturated rings. The van der Waals surface area contributed by atoms with Crippen molar-refractivity contribution in [3.8, 4) is 0 Å². The Morgan fingerprint density at radius 1 is 1.43 bits per heavy atom. The van der Waals surface area contributed by atoms with E-state index < -0.39 is 0 Å². The molecule has 0 unspecified atom stereocenters. The Hall–Kier alpha value is -1.69. The van der Waals surface area contributed by atoms with Crippen LogP contribution in [0, 0.1) is 0 Å². The van der Waals surface area contributed by atoms with Crippen LogP contribution in [0.4, 0.5) is 11.6 Å². The number of anilines is 2. The fourth-order valence-corrected chi connectivity index (χ4v) is 1.53. The highest BCUT2D eigenvalue weighted by Gasteiger charge is 1.97. The summed E-state index contributed by atoms with van der Waals surface area (Å²) >= 11 is 1.59. The number of aromatic nitrogens is 3. The van der Waals surface area contributed by atoms with E-state index in [0.29, 0.717) is 18.2 Å². The Morgan fingerprint density at radius 2 is 2.36 bits per heavy atom. The van der Waals surface area contributed by atoms with E-state index in [1.54, 1.807) is 23.7 Å². The number of nitrogens with one attached hydrogen (secondary N) is 1. The first-order valence-electron chi connectivity index (χ1n) is 4.04. The lowest BCUT2D eigenvalue weighted by atomic mass is 10.6. The number of nitrogens with two attached hydrogens (primary N) is 1. The predicted octanol–water partition coefficient (Wildman–Crippen LogP) is 1.13. The monoisotopic (exact) mass is 207 g/mol. The maximum atomic E-state index is 5.48. The fourth-order valence-electron chi connectivity index (χ4n) is 0.973. The first-order chi connectivity index (χ1) is 6.84. The van der Waals surface area contributed by atoms with Gasteiger partial charge >= 0.3 is 0 Å². The Morgan fingerprint density at radius 3 is 3.07 bits per heavy atom. The second-order valence-electron chi connectivity index (χ2n) is 2.61. The molecule has 2 aromatic rings. The Kier molecular flexibility index (Phi) is 2.55. The van der Waals surface area contributed by atoms with Crippen LogP contribution in [0.25, 0.3) is 0 Å². The maximum Gasteiger partial charge on any atom is 0.147 e. The van der Waals surface area contributed by atoms with Crippen molar-refractivity contribution in [3.63, 3.8) is 0 Å². The summed E-state index contributed by atoms with van der Waals surface area (Å²) in [6.07, 6.45) is 4.91. The molecular weight excluding hydrogens is 198 g/mol. The summed E-state index contributed by atoms with van der Waals surface area (Å²) in [7, 11) is 0. The molecule has 3 N–H and O–H groups in total. The molecule has 0 atom stereocenters. The lowest BCUT2D eigenvalue weighted by Gasteiger charge is -2.02. The van der Waals surface area contributed by atoms with Gasteiger partial charge in [-0.2, -0.15) is 0 Å². The van der Waals surface area contributed by atoms with E-state index in [1.165, 1.54) is 6.20 Å². The van der Waals surface area contributed by atoms with Crippen molar-refractivity contribution in [2.75, 3.05) is 11.1 Å². The predicted molar refractivity (Wildman–Crippen MR) is 55.9 cm³/mol. The van der Waals surface area contributed by atoms with Gasteiger partial charge in [-0.15, -0.1) is 11.3 Å². The maximum absolute atomic E-state index is 5.48. The van der Waals surface area contributed by atoms with Crippen LogP contribution in [0.1, 0.15) is 5.01 Å². The zero-order valence-electron chi connectivity index (χ0n) is 7.34. The summed E-state index contributed by atoms with van der Waals surface area (Å²) in [4.78, 5) is 12.1. The van der Waals surface area contributed by atoms with Crippen molar-refractivity contribution in [2.24, 2.45) is 0 Å². The second kappa shape index (κ2) is 4.01. The van der Waals surface area contributed by atoms with E-state index in [9.17, 15) is 0 Å². The Balaban J connectivity index is 1.98. The van der Waals surface area contributed by atoms with Gasteiger partial charge in [0.15, 0.2) is 0 Å². The van der Waals surface area contributed by atoms with Crippen LogP contribution in [-0.4, -0.2) is 15.0 Å². The number of nitrogens with zero attached hydrogens (tertiary/aromatic N) is 3. The number of hydrogen-bond acceptors (Lipinski definition) is 6. The van der Waals surface area contributed by atoms with Gasteiger partial charge in [-0.1, -0.05) is 0 Å². The highest BCUT2D eigenvalue weighted by atomic mass is 32.1. The molecule has 0 radical (unpaired) electrons. The number of thiazole rings is 1. The molecule has 0 amide bonds. The van der Waals surface area contributed by atoms with Crippen LogP contribution in [0.5, 0.6) is 0 Å². The minimum absolute atomic E-state index is 0.411. The molecule has 0 bridgehead atoms. The van der Waals surface area contributed by atoms with Crippen LogP contribution < -0.4 is 11.1 Å². The Bertz CT molecular complexity index is 400. The van der Waals surface area contributed by atoms with Gasteiger partial charge in [0.25, 0.3) is 0 Å². The largest absolute Gasteiger partial charge is 0.382 e. The van der Waals surface area contributed by atoms with Crippen molar-refractivity contribution in [1.82, 2.24) is 15.0 Å². The highest BCUT2D eigenvalue weighted by Crippen LogP contribution is 2.08. The molecule has 0 aliphatic carbocycles. The Labute approximate surface area is 85.0 Å². The van der Waals surface area contributed by atoms with E-state index >= 15 is 0 Å². The SMILES string of the molecule is Nc1cncc(NCc2nccs2)n1. The summed E-state index contributed by atoms with van der Waals surface area (Å²) in [5.41, 5.74) is 5.48. The molecule has 0 spiro atoms. The van der Waals surface area contributed by atoms with Crippen molar-refractivity contribution in [3.05, 3.63) is 29.0 Å². The fraction of sp³-hybridized carbons (Fsp3) is 0.125. The average Bonchev–Trinajstić information content (AvgIpc) is 2.67. The van der Waals surface area contributed by atoms with Gasteiger partial charge in [-0.3, -0.25) is 4.98 Å². The van der Waals surface area contributed by atoms with E-state index in [-0.39, 0.29) is 0 Å². The zero-order valence-corrected chi connectivity index (χ0v) is 8.16. The first kappa shape index (κ1) is 8.89. The minimum atomic E-state index is 0.411. The third-order valence-electron chi connectivity index (χ3n) is 1.56. The molecule has 0 aliphatic heterocycles. The first-order valence-corrected chi connectivity index (χ1v) is 4.92. The van der Waals surface area contributed by atoms with Crippen LogP contribution in [-0.2, 0) is 6.54 Å². The van der Waals surface area contributed by atoms with Crippen molar-refractivity contribution in [1.29, 1.82) is 0 Å². The van der Waals surface area contributed by atoms with E-state index in [4.69, 9.17) is 5.73 Å². The van der Waals surface area contributed by atoms with E-state index in [1.807, 2.05) is 5.38 Å². The van der Waals surface area contributed by atoms with Gasteiger partial charge in [0.1, 0.15) is 16.6 Å². The van der Waals surface area contributed by atoms with Gasteiger partial charge in [0.05, 0.1) is 18.9 Å². The summed E-state index contributed by atoms with van der Waals surface area (Å²) in [6.45, 7) is 0.649. The van der Waals surface area contributed by atoms with E-state index in [2.05, 4.69) is 20.3 Å². The molecule has 0 saturated carbocycles. The summed E-state index contributed by atoms with van der Waals surface area (Å²) in [6, 6.07) is 0. The minimum Gasteiger partial charge on any atom is -0.382 e. The van der Waals surface area contributed by atoms with Gasteiger partial charge in [-0.05, 0) is 0 Å². The quantitative estimate of drug-likeness (QED) is 0.788. The molecule has 5 nitrogen and oxygen atoms in total. The number of hydrogen-bond donors (Lipinski definition) is 2. The zero-order chi connectivity index (χ0) is 9.80. The van der Waals surface area contributed by atoms with Crippen LogP contribution >= 0.6 is 11.3 Å². The normalized spacial score (nSPS) is 10.0. The molecule has 0 saturated heterocycles. The molecule has 14 heavy (non-hydrogen) atoms. The third kappa shape index (κ3) is 2.17. The molecule has 2 heterocycles. The summed E-state index contributed by atoms with van der Waals surface area (Å²) in [5.74, 6) is 1.08. The highest BCUT2D eigenvalue weighted by molar-refractivity contribution is 7.09. The lowest BCUT2D eigenvalue weighted by Crippen LogP contribution is -2.02. The van der Waals surface area contributed by atoms with Crippen LogP contribution in [0.15, 0.2) is 24.0 Å². The van der Waals surface area contributed by atoms with Gasteiger partial charge in [0, 0.05) is 11.6 Å². The molecular formula is C8H9N5S. The molecule has 2 rings (SSSR count). The van der Waals surface area contributed by atoms with Crippen LogP contribution in [0.3, 0.4) is 0 Å². The van der Waals surface area contributed by atoms with Crippen LogP contribution in [0.2, 0.25) is 0 Å². The van der Waals surface area contributed by atoms with Gasteiger partial charge < -0.3 is 11.1 Å². The molecule has 0 aliphatic rings. The molecule has 0 aromatic carbocycles. The number of rotatable bonds is 3. The van der Waals surface area contributed by atoms with E-state index in [0.717, 1.165) is 5.01 Å². The van der Waals surface area contributed by atoms with Gasteiger partial charge in [0.2, 0.25) is 0 Å². The number of nitrogen functional groups attached to an aromatic ring is 1. The molecule has 2 aromatic heterocycles. The van der Waals surface area contributed by atoms with Crippen molar-refractivity contribution >= 4 is 23.0 Å². The van der Waals surface area contributed by atoms with Crippen molar-refractivity contribution < 1.29 is 0 Å². The molecule has 6 heteroatoms. The lowest BCUT2D eigenvalue weighted by molar-refractivity contribution is 1.07. The second-order valence-corrected chi connectivity index (χ2v) is 3.59.